The van der Waals surface area contributed by atoms with E-state index in [9.17, 15) is 20.2 Å². The maximum absolute atomic E-state index is 10.9. The lowest BCUT2D eigenvalue weighted by Crippen LogP contribution is -2.35. The van der Waals surface area contributed by atoms with Gasteiger partial charge in [-0.15, -0.1) is 0 Å². The summed E-state index contributed by atoms with van der Waals surface area (Å²) in [6, 6.07) is 14.2. The third-order valence-corrected chi connectivity index (χ3v) is 4.51. The summed E-state index contributed by atoms with van der Waals surface area (Å²) < 4.78 is 5.96. The second kappa shape index (κ2) is 8.61. The van der Waals surface area contributed by atoms with Gasteiger partial charge in [0.15, 0.2) is 6.23 Å². The van der Waals surface area contributed by atoms with E-state index < -0.39 is 9.85 Å². The van der Waals surface area contributed by atoms with Crippen LogP contribution in [-0.2, 0) is 6.54 Å². The molecule has 1 unspecified atom stereocenters. The van der Waals surface area contributed by atoms with E-state index >= 15 is 0 Å². The van der Waals surface area contributed by atoms with E-state index in [1.165, 1.54) is 24.3 Å². The molecule has 9 nitrogen and oxygen atoms in total. The summed E-state index contributed by atoms with van der Waals surface area (Å²) in [6.45, 7) is 2.50. The fourth-order valence-electron chi connectivity index (χ4n) is 3.00. The van der Waals surface area contributed by atoms with Crippen LogP contribution in [0.1, 0.15) is 19.0 Å². The van der Waals surface area contributed by atoms with Crippen molar-refractivity contribution in [2.24, 2.45) is 0 Å². The Kier molecular flexibility index (Phi) is 5.99. The molecule has 0 saturated carbocycles. The molecule has 0 fully saturated rings. The Balaban J connectivity index is 1.71. The molecule has 0 bridgehead atoms. The van der Waals surface area contributed by atoms with Crippen LogP contribution in [0.25, 0.3) is 10.9 Å². The first-order valence-corrected chi connectivity index (χ1v) is 9.03. The van der Waals surface area contributed by atoms with E-state index in [0.717, 1.165) is 5.69 Å². The summed E-state index contributed by atoms with van der Waals surface area (Å²) in [7, 11) is 1.90. The summed E-state index contributed by atoms with van der Waals surface area (Å²) >= 11 is 0. The summed E-state index contributed by atoms with van der Waals surface area (Å²) in [4.78, 5) is 27.3. The van der Waals surface area contributed by atoms with Gasteiger partial charge in [0.2, 0.25) is 0 Å². The fraction of sp³-hybridized carbons (Fsp3) is 0.250. The highest BCUT2D eigenvalue weighted by atomic mass is 16.6. The largest absolute Gasteiger partial charge is 0.475 e. The fourth-order valence-corrected chi connectivity index (χ4v) is 3.00. The number of ether oxygens (including phenoxy) is 1. The maximum Gasteiger partial charge on any atom is 0.270 e. The lowest BCUT2D eigenvalue weighted by molar-refractivity contribution is -0.385. The Morgan fingerprint density at radius 2 is 1.66 bits per heavy atom. The minimum absolute atomic E-state index is 0.0133. The second-order valence-corrected chi connectivity index (χ2v) is 6.58. The molecule has 29 heavy (non-hydrogen) atoms. The Hall–Kier alpha value is -3.59. The second-order valence-electron chi connectivity index (χ2n) is 6.58. The van der Waals surface area contributed by atoms with Gasteiger partial charge in [0.25, 0.3) is 11.4 Å². The van der Waals surface area contributed by atoms with Crippen molar-refractivity contribution in [3.05, 3.63) is 80.5 Å². The number of fused-ring (bicyclic) bond motifs is 1. The van der Waals surface area contributed by atoms with Crippen molar-refractivity contribution in [1.82, 2.24) is 9.88 Å². The SMILES string of the molecule is CCC(Oc1ccc([N+](=O)[O-])cc1)N(C)Cc1ccc2cc([N+](=O)[O-])ccc2n1. The normalized spacial score (nSPS) is 12.1. The third-order valence-electron chi connectivity index (χ3n) is 4.51. The highest BCUT2D eigenvalue weighted by Crippen LogP contribution is 2.22. The van der Waals surface area contributed by atoms with Crippen LogP contribution in [0.3, 0.4) is 0 Å². The first-order valence-electron chi connectivity index (χ1n) is 9.03. The van der Waals surface area contributed by atoms with Crippen molar-refractivity contribution < 1.29 is 14.6 Å². The van der Waals surface area contributed by atoms with Gasteiger partial charge in [0.05, 0.1) is 21.1 Å². The smallest absolute Gasteiger partial charge is 0.270 e. The van der Waals surface area contributed by atoms with Crippen LogP contribution < -0.4 is 4.74 Å². The van der Waals surface area contributed by atoms with Crippen molar-refractivity contribution in [2.75, 3.05) is 7.05 Å². The zero-order chi connectivity index (χ0) is 21.0. The van der Waals surface area contributed by atoms with Crippen LogP contribution in [0.15, 0.2) is 54.6 Å². The number of benzene rings is 2. The van der Waals surface area contributed by atoms with E-state index in [0.29, 0.717) is 29.6 Å². The van der Waals surface area contributed by atoms with Crippen molar-refractivity contribution in [1.29, 1.82) is 0 Å². The molecular weight excluding hydrogens is 376 g/mol. The van der Waals surface area contributed by atoms with Gasteiger partial charge in [-0.1, -0.05) is 13.0 Å². The zero-order valence-corrected chi connectivity index (χ0v) is 16.0. The Bertz CT molecular complexity index is 1040. The van der Waals surface area contributed by atoms with E-state index in [-0.39, 0.29) is 17.6 Å². The van der Waals surface area contributed by atoms with Gasteiger partial charge in [0, 0.05) is 36.2 Å². The molecule has 0 aliphatic heterocycles. The van der Waals surface area contributed by atoms with Gasteiger partial charge in [-0.25, -0.2) is 0 Å². The number of nitro groups is 2. The molecule has 1 atom stereocenters. The summed E-state index contributed by atoms with van der Waals surface area (Å²) in [6.07, 6.45) is 0.457. The average Bonchev–Trinajstić information content (AvgIpc) is 2.71. The molecule has 0 aliphatic carbocycles. The minimum atomic E-state index is -0.451. The average molecular weight is 396 g/mol. The first-order chi connectivity index (χ1) is 13.9. The summed E-state index contributed by atoms with van der Waals surface area (Å²) in [5.74, 6) is 0.549. The first kappa shape index (κ1) is 20.2. The van der Waals surface area contributed by atoms with Crippen LogP contribution in [0.4, 0.5) is 11.4 Å². The van der Waals surface area contributed by atoms with Gasteiger partial charge in [0.1, 0.15) is 5.75 Å². The molecule has 1 aromatic heterocycles. The predicted molar refractivity (Wildman–Crippen MR) is 108 cm³/mol. The molecule has 9 heteroatoms. The van der Waals surface area contributed by atoms with E-state index in [4.69, 9.17) is 4.74 Å². The van der Waals surface area contributed by atoms with Gasteiger partial charge < -0.3 is 4.74 Å². The predicted octanol–water partition coefficient (Wildman–Crippen LogP) is 4.30. The molecule has 3 aromatic rings. The summed E-state index contributed by atoms with van der Waals surface area (Å²) in [5.41, 5.74) is 1.54. The highest BCUT2D eigenvalue weighted by molar-refractivity contribution is 5.81. The number of hydrogen-bond acceptors (Lipinski definition) is 7. The van der Waals surface area contributed by atoms with Gasteiger partial charge in [-0.2, -0.15) is 0 Å². The molecule has 0 aliphatic rings. The van der Waals surface area contributed by atoms with Gasteiger partial charge in [-0.3, -0.25) is 30.1 Å². The number of pyridine rings is 1. The number of non-ortho nitro benzene ring substituents is 2. The van der Waals surface area contributed by atoms with Crippen LogP contribution in [0.2, 0.25) is 0 Å². The van der Waals surface area contributed by atoms with Crippen molar-refractivity contribution >= 4 is 22.3 Å². The van der Waals surface area contributed by atoms with Crippen LogP contribution in [-0.4, -0.2) is 33.0 Å². The van der Waals surface area contributed by atoms with E-state index in [2.05, 4.69) is 4.98 Å². The lowest BCUT2D eigenvalue weighted by atomic mass is 10.2. The van der Waals surface area contributed by atoms with Crippen LogP contribution in [0.5, 0.6) is 5.75 Å². The van der Waals surface area contributed by atoms with Crippen LogP contribution in [0, 0.1) is 20.2 Å². The van der Waals surface area contributed by atoms with Crippen LogP contribution >= 0.6 is 0 Å². The monoisotopic (exact) mass is 396 g/mol. The molecule has 0 spiro atoms. The van der Waals surface area contributed by atoms with Crippen molar-refractivity contribution in [3.8, 4) is 5.75 Å². The van der Waals surface area contributed by atoms with Crippen molar-refractivity contribution in [2.45, 2.75) is 26.1 Å². The van der Waals surface area contributed by atoms with E-state index in [1.54, 1.807) is 18.2 Å². The Morgan fingerprint density at radius 1 is 1.00 bits per heavy atom. The lowest BCUT2D eigenvalue weighted by Gasteiger charge is -2.27. The molecular formula is C20H20N4O5. The molecule has 0 saturated heterocycles. The van der Waals surface area contributed by atoms with Gasteiger partial charge in [-0.05, 0) is 37.7 Å². The zero-order valence-electron chi connectivity index (χ0n) is 16.0. The number of nitrogens with zero attached hydrogens (tertiary/aromatic N) is 4. The number of rotatable bonds is 8. The molecule has 1 heterocycles. The third kappa shape index (κ3) is 4.82. The quantitative estimate of drug-likeness (QED) is 0.317. The number of nitro benzene ring substituents is 2. The highest BCUT2D eigenvalue weighted by Gasteiger charge is 2.17. The Morgan fingerprint density at radius 3 is 2.28 bits per heavy atom. The van der Waals surface area contributed by atoms with Crippen molar-refractivity contribution in [3.63, 3.8) is 0 Å². The molecule has 0 amide bonds. The standard InChI is InChI=1S/C20H20N4O5/c1-3-20(29-18-9-6-16(7-10-18)23(25)26)22(2)13-15-5-4-14-12-17(24(27)28)8-11-19(14)21-15/h4-12,20H,3,13H2,1-2H3. The van der Waals surface area contributed by atoms with E-state index in [1.807, 2.05) is 31.0 Å². The topological polar surface area (TPSA) is 112 Å². The molecule has 2 aromatic carbocycles. The Labute approximate surface area is 166 Å². The maximum atomic E-state index is 10.9. The van der Waals surface area contributed by atoms with Gasteiger partial charge >= 0.3 is 0 Å². The molecule has 0 N–H and O–H groups in total. The molecule has 0 radical (unpaired) electrons. The number of hydrogen-bond donors (Lipinski definition) is 0. The number of aromatic nitrogens is 1. The summed E-state index contributed by atoms with van der Waals surface area (Å²) in [5, 5.41) is 22.4. The molecule has 150 valence electrons. The minimum Gasteiger partial charge on any atom is -0.475 e. The molecule has 3 rings (SSSR count).